The molecule has 7 heteroatoms. The normalized spacial score (nSPS) is 44.0. The molecule has 1 saturated carbocycles. The van der Waals surface area contributed by atoms with Gasteiger partial charge in [0.15, 0.2) is 17.5 Å². The van der Waals surface area contributed by atoms with Crippen molar-refractivity contribution in [2.45, 2.75) is 41.4 Å². The van der Waals surface area contributed by atoms with Crippen molar-refractivity contribution in [2.24, 2.45) is 0 Å². The molecule has 7 rings (SSSR count). The van der Waals surface area contributed by atoms with Crippen LogP contribution in [0.1, 0.15) is 0 Å². The van der Waals surface area contributed by atoms with Crippen LogP contribution in [0.3, 0.4) is 0 Å². The van der Waals surface area contributed by atoms with E-state index >= 15 is 0 Å². The number of epoxide rings is 2. The van der Waals surface area contributed by atoms with E-state index in [1.807, 2.05) is 36.4 Å². The van der Waals surface area contributed by atoms with Crippen LogP contribution in [0.2, 0.25) is 0 Å². The Hall–Kier alpha value is -2.45. The third-order valence-corrected chi connectivity index (χ3v) is 6.54. The van der Waals surface area contributed by atoms with Crippen molar-refractivity contribution >= 4 is 16.6 Å². The first kappa shape index (κ1) is 14.6. The van der Waals surface area contributed by atoms with E-state index in [9.17, 15) is 15.0 Å². The van der Waals surface area contributed by atoms with Gasteiger partial charge in [-0.05, 0) is 29.7 Å². The van der Waals surface area contributed by atoms with Crippen molar-refractivity contribution in [3.8, 4) is 11.5 Å². The van der Waals surface area contributed by atoms with E-state index in [1.54, 1.807) is 0 Å². The molecule has 2 aromatic carbocycles. The maximum atomic E-state index is 12.7. The molecule has 7 nitrogen and oxygen atoms in total. The zero-order valence-corrected chi connectivity index (χ0v) is 13.9. The molecule has 2 N–H and O–H groups in total. The van der Waals surface area contributed by atoms with Gasteiger partial charge < -0.3 is 29.2 Å². The molecular formula is C20H14O7. The van der Waals surface area contributed by atoms with Crippen LogP contribution in [-0.2, 0) is 14.3 Å². The summed E-state index contributed by atoms with van der Waals surface area (Å²) in [6.45, 7) is 0. The lowest BCUT2D eigenvalue weighted by molar-refractivity contribution is -0.207. The monoisotopic (exact) mass is 366 g/mol. The standard InChI is InChI=1S/C20H14O7/c21-12-7-8-13(22)19-18(12,27-19)16(23)15-17(24-15)20(19)25-10-5-1-3-9-4-2-6-11(26-20)14(9)10/h1-8,13,15-17,22-23H/t13-,15+,16+,17-,18+,19+/m1/s1. The summed E-state index contributed by atoms with van der Waals surface area (Å²) in [7, 11) is 0. The summed E-state index contributed by atoms with van der Waals surface area (Å²) in [6.07, 6.45) is -1.11. The van der Waals surface area contributed by atoms with Gasteiger partial charge in [-0.25, -0.2) is 0 Å². The molecule has 27 heavy (non-hydrogen) atoms. The van der Waals surface area contributed by atoms with Gasteiger partial charge in [-0.2, -0.15) is 0 Å². The Morgan fingerprint density at radius 2 is 1.70 bits per heavy atom. The van der Waals surface area contributed by atoms with Gasteiger partial charge in [0.25, 0.3) is 0 Å². The lowest BCUT2D eigenvalue weighted by Gasteiger charge is -2.46. The average molecular weight is 366 g/mol. The number of hydrogen-bond acceptors (Lipinski definition) is 7. The Kier molecular flexibility index (Phi) is 2.17. The minimum Gasteiger partial charge on any atom is -0.446 e. The molecule has 3 heterocycles. The Balaban J connectivity index is 1.50. The number of fused-ring (bicyclic) bond motifs is 2. The minimum atomic E-state index is -1.63. The van der Waals surface area contributed by atoms with Crippen molar-refractivity contribution < 1.29 is 34.0 Å². The Bertz CT molecular complexity index is 1050. The van der Waals surface area contributed by atoms with Gasteiger partial charge in [-0.15, -0.1) is 0 Å². The van der Waals surface area contributed by atoms with Crippen molar-refractivity contribution in [3.05, 3.63) is 48.6 Å². The highest BCUT2D eigenvalue weighted by atomic mass is 16.8. The van der Waals surface area contributed by atoms with Gasteiger partial charge in [-0.3, -0.25) is 4.79 Å². The van der Waals surface area contributed by atoms with Crippen LogP contribution >= 0.6 is 0 Å². The van der Waals surface area contributed by atoms with Crippen LogP contribution in [0.5, 0.6) is 11.5 Å². The molecule has 0 radical (unpaired) electrons. The van der Waals surface area contributed by atoms with Crippen molar-refractivity contribution in [1.29, 1.82) is 0 Å². The highest BCUT2D eigenvalue weighted by molar-refractivity contribution is 6.04. The maximum absolute atomic E-state index is 12.7. The van der Waals surface area contributed by atoms with Crippen LogP contribution in [0.4, 0.5) is 0 Å². The van der Waals surface area contributed by atoms with Crippen LogP contribution in [0.15, 0.2) is 48.6 Å². The molecule has 0 unspecified atom stereocenters. The first-order valence-corrected chi connectivity index (χ1v) is 8.89. The minimum absolute atomic E-state index is 0.419. The fourth-order valence-corrected chi connectivity index (χ4v) is 5.31. The Labute approximate surface area is 152 Å². The number of ether oxygens (including phenoxy) is 4. The number of aliphatic hydroxyl groups excluding tert-OH is 2. The molecule has 0 bridgehead atoms. The van der Waals surface area contributed by atoms with Crippen LogP contribution in [0.25, 0.3) is 10.8 Å². The molecule has 5 aliphatic rings. The lowest BCUT2D eigenvalue weighted by Crippen LogP contribution is -2.73. The number of rotatable bonds is 0. The van der Waals surface area contributed by atoms with Gasteiger partial charge >= 0.3 is 5.79 Å². The smallest absolute Gasteiger partial charge is 0.316 e. The molecule has 2 aliphatic carbocycles. The van der Waals surface area contributed by atoms with Gasteiger partial charge in [-0.1, -0.05) is 24.3 Å². The molecule has 3 fully saturated rings. The van der Waals surface area contributed by atoms with Crippen molar-refractivity contribution in [2.75, 3.05) is 0 Å². The molecular weight excluding hydrogens is 352 g/mol. The molecule has 6 atom stereocenters. The molecule has 2 aromatic rings. The number of ketones is 1. The van der Waals surface area contributed by atoms with Crippen molar-refractivity contribution in [1.82, 2.24) is 0 Å². The third-order valence-electron chi connectivity index (χ3n) is 6.54. The predicted octanol–water partition coefficient (Wildman–Crippen LogP) is 0.457. The highest BCUT2D eigenvalue weighted by Gasteiger charge is 2.99. The number of carbonyl (C=O) groups is 1. The first-order valence-electron chi connectivity index (χ1n) is 8.89. The Morgan fingerprint density at radius 3 is 2.41 bits per heavy atom. The summed E-state index contributed by atoms with van der Waals surface area (Å²) in [4.78, 5) is 12.7. The molecule has 0 amide bonds. The number of benzene rings is 2. The second kappa shape index (κ2) is 4.02. The average Bonchev–Trinajstić information content (AvgIpc) is 3.57. The number of carbonyl (C=O) groups excluding carboxylic acids is 1. The van der Waals surface area contributed by atoms with Crippen LogP contribution in [0, 0.1) is 0 Å². The molecule has 2 saturated heterocycles. The summed E-state index contributed by atoms with van der Waals surface area (Å²) < 4.78 is 24.3. The molecule has 136 valence electrons. The summed E-state index contributed by atoms with van der Waals surface area (Å²) in [6, 6.07) is 11.3. The second-order valence-corrected chi connectivity index (χ2v) is 7.69. The van der Waals surface area contributed by atoms with E-state index in [0.717, 1.165) is 10.8 Å². The second-order valence-electron chi connectivity index (χ2n) is 7.69. The SMILES string of the molecule is O=C1C=C[C@@H](O)[C@]23O[C@]12[C@@H](O)[C@@H]1O[C@H]1C31Oc2cccc3cccc(c23)O1. The molecule has 0 aromatic heterocycles. The Morgan fingerprint density at radius 1 is 1.00 bits per heavy atom. The first-order chi connectivity index (χ1) is 13.1. The van der Waals surface area contributed by atoms with Crippen LogP contribution in [-0.4, -0.2) is 57.4 Å². The topological polar surface area (TPSA) is 101 Å². The summed E-state index contributed by atoms with van der Waals surface area (Å²) in [5.74, 6) is -0.863. The van der Waals surface area contributed by atoms with Gasteiger partial charge in [0.05, 0.1) is 5.39 Å². The van der Waals surface area contributed by atoms with Gasteiger partial charge in [0.2, 0.25) is 5.60 Å². The quantitative estimate of drug-likeness (QED) is 0.653. The van der Waals surface area contributed by atoms with Crippen LogP contribution < -0.4 is 9.47 Å². The fourth-order valence-electron chi connectivity index (χ4n) is 5.31. The molecule has 1 spiro atoms. The zero-order valence-electron chi connectivity index (χ0n) is 13.9. The maximum Gasteiger partial charge on any atom is 0.316 e. The third kappa shape index (κ3) is 1.28. The van der Waals surface area contributed by atoms with E-state index in [2.05, 4.69) is 0 Å². The van der Waals surface area contributed by atoms with E-state index in [1.165, 1.54) is 12.2 Å². The summed E-state index contributed by atoms with van der Waals surface area (Å²) >= 11 is 0. The lowest BCUT2D eigenvalue weighted by atomic mass is 9.66. The zero-order chi connectivity index (χ0) is 18.2. The van der Waals surface area contributed by atoms with Gasteiger partial charge in [0.1, 0.15) is 29.8 Å². The van der Waals surface area contributed by atoms with Gasteiger partial charge in [0, 0.05) is 0 Å². The fraction of sp³-hybridized carbons (Fsp3) is 0.350. The van der Waals surface area contributed by atoms with E-state index in [0.29, 0.717) is 11.5 Å². The summed E-state index contributed by atoms with van der Waals surface area (Å²) in [5, 5.41) is 23.3. The summed E-state index contributed by atoms with van der Waals surface area (Å²) in [5.41, 5.74) is -3.20. The van der Waals surface area contributed by atoms with E-state index in [4.69, 9.17) is 18.9 Å². The largest absolute Gasteiger partial charge is 0.446 e. The number of aliphatic hydroxyl groups is 2. The van der Waals surface area contributed by atoms with E-state index < -0.39 is 47.2 Å². The highest BCUT2D eigenvalue weighted by Crippen LogP contribution is 2.71. The number of hydrogen-bond donors (Lipinski definition) is 2. The predicted molar refractivity (Wildman–Crippen MR) is 89.3 cm³/mol. The van der Waals surface area contributed by atoms with Crippen molar-refractivity contribution in [3.63, 3.8) is 0 Å². The molecule has 3 aliphatic heterocycles. The van der Waals surface area contributed by atoms with E-state index in [-0.39, 0.29) is 0 Å².